The van der Waals surface area contributed by atoms with Crippen molar-refractivity contribution < 1.29 is 4.79 Å². The van der Waals surface area contributed by atoms with E-state index in [1.807, 2.05) is 13.0 Å². The first kappa shape index (κ1) is 11.3. The highest BCUT2D eigenvalue weighted by Crippen LogP contribution is 2.12. The van der Waals surface area contributed by atoms with E-state index < -0.39 is 0 Å². The molecule has 5 heteroatoms. The van der Waals surface area contributed by atoms with Crippen LogP contribution in [0.3, 0.4) is 0 Å². The number of nitrogens with zero attached hydrogens (tertiary/aromatic N) is 1. The predicted molar refractivity (Wildman–Crippen MR) is 59.6 cm³/mol. The molecule has 0 aromatic carbocycles. The molecule has 1 aromatic heterocycles. The fourth-order valence-corrected chi connectivity index (χ4v) is 1.52. The van der Waals surface area contributed by atoms with Gasteiger partial charge in [0, 0.05) is 6.26 Å². The van der Waals surface area contributed by atoms with Crippen LogP contribution in [0, 0.1) is 0 Å². The summed E-state index contributed by atoms with van der Waals surface area (Å²) in [6, 6.07) is 3.51. The van der Waals surface area contributed by atoms with Gasteiger partial charge in [-0.25, -0.2) is 4.98 Å². The van der Waals surface area contributed by atoms with Gasteiger partial charge in [0.1, 0.15) is 10.8 Å². The molecule has 1 heterocycles. The van der Waals surface area contributed by atoms with Gasteiger partial charge < -0.3 is 0 Å². The maximum absolute atomic E-state index is 11.5. The minimum absolute atomic E-state index is 0.197. The highest BCUT2D eigenvalue weighted by molar-refractivity contribution is 7.97. The van der Waals surface area contributed by atoms with Gasteiger partial charge in [-0.1, -0.05) is 36.5 Å². The molecule has 1 aromatic rings. The monoisotopic (exact) mass is 230 g/mol. The Morgan fingerprint density at radius 2 is 2.36 bits per heavy atom. The van der Waals surface area contributed by atoms with E-state index in [0.717, 1.165) is 12.0 Å². The van der Waals surface area contributed by atoms with Gasteiger partial charge in [0.25, 0.3) is 5.91 Å². The summed E-state index contributed by atoms with van der Waals surface area (Å²) in [5.41, 5.74) is 1.32. The van der Waals surface area contributed by atoms with Crippen molar-refractivity contribution in [2.45, 2.75) is 13.3 Å². The van der Waals surface area contributed by atoms with Crippen LogP contribution in [-0.2, 0) is 6.42 Å². The Bertz CT molecular complexity index is 344. The van der Waals surface area contributed by atoms with Gasteiger partial charge in [0.05, 0.1) is 0 Å². The lowest BCUT2D eigenvalue weighted by Crippen LogP contribution is -2.18. The number of aryl methyl sites for hydroxylation is 1. The summed E-state index contributed by atoms with van der Waals surface area (Å²) in [4.78, 5) is 15.5. The number of carbonyl (C=O) groups is 1. The lowest BCUT2D eigenvalue weighted by atomic mass is 10.1. The summed E-state index contributed by atoms with van der Waals surface area (Å²) < 4.78 is 2.62. The summed E-state index contributed by atoms with van der Waals surface area (Å²) in [7, 11) is 0. The minimum atomic E-state index is -0.197. The lowest BCUT2D eigenvalue weighted by molar-refractivity contribution is 0.0979. The van der Waals surface area contributed by atoms with Crippen molar-refractivity contribution in [2.24, 2.45) is 0 Å². The lowest BCUT2D eigenvalue weighted by Gasteiger charge is -2.05. The van der Waals surface area contributed by atoms with E-state index >= 15 is 0 Å². The SMILES string of the molecule is CCc1ccc(Cl)nc1C(=O)NSC. The molecule has 0 fully saturated rings. The molecule has 1 amide bonds. The molecule has 0 spiro atoms. The quantitative estimate of drug-likeness (QED) is 0.640. The van der Waals surface area contributed by atoms with Crippen LogP contribution in [-0.4, -0.2) is 17.1 Å². The third kappa shape index (κ3) is 2.62. The van der Waals surface area contributed by atoms with E-state index in [2.05, 4.69) is 9.71 Å². The van der Waals surface area contributed by atoms with Crippen molar-refractivity contribution in [3.63, 3.8) is 0 Å². The number of rotatable bonds is 3. The smallest absolute Gasteiger partial charge is 0.280 e. The molecule has 0 radical (unpaired) electrons. The first-order valence-electron chi connectivity index (χ1n) is 4.17. The van der Waals surface area contributed by atoms with Crippen LogP contribution in [0.1, 0.15) is 23.0 Å². The largest absolute Gasteiger partial charge is 0.295 e. The average molecular weight is 231 g/mol. The fraction of sp³-hybridized carbons (Fsp3) is 0.333. The molecule has 1 N–H and O–H groups in total. The van der Waals surface area contributed by atoms with Crippen LogP contribution in [0.2, 0.25) is 5.15 Å². The molecule has 0 saturated heterocycles. The number of halogens is 1. The third-order valence-electron chi connectivity index (χ3n) is 1.74. The summed E-state index contributed by atoms with van der Waals surface area (Å²) in [6.45, 7) is 1.97. The number of pyridine rings is 1. The van der Waals surface area contributed by atoms with Gasteiger partial charge >= 0.3 is 0 Å². The molecule has 0 bridgehead atoms. The first-order valence-corrected chi connectivity index (χ1v) is 5.78. The Hall–Kier alpha value is -0.740. The molecule has 0 saturated carbocycles. The second-order valence-corrected chi connectivity index (χ2v) is 3.63. The fourth-order valence-electron chi connectivity index (χ4n) is 1.09. The standard InChI is InChI=1S/C9H11ClN2OS/c1-3-6-4-5-7(10)11-8(6)9(13)12-14-2/h4-5H,3H2,1-2H3,(H,12,13). The second-order valence-electron chi connectivity index (χ2n) is 2.63. The van der Waals surface area contributed by atoms with E-state index in [1.165, 1.54) is 11.9 Å². The zero-order valence-corrected chi connectivity index (χ0v) is 9.58. The first-order chi connectivity index (χ1) is 6.69. The highest BCUT2D eigenvalue weighted by atomic mass is 35.5. The van der Waals surface area contributed by atoms with Crippen molar-refractivity contribution in [3.8, 4) is 0 Å². The Morgan fingerprint density at radius 3 is 2.93 bits per heavy atom. The zero-order valence-electron chi connectivity index (χ0n) is 8.00. The number of nitrogens with one attached hydrogen (secondary N) is 1. The number of aromatic nitrogens is 1. The van der Waals surface area contributed by atoms with Crippen LogP contribution in [0.4, 0.5) is 0 Å². The highest BCUT2D eigenvalue weighted by Gasteiger charge is 2.11. The van der Waals surface area contributed by atoms with Crippen molar-refractivity contribution in [1.82, 2.24) is 9.71 Å². The summed E-state index contributed by atoms with van der Waals surface area (Å²) in [5, 5.41) is 0.341. The topological polar surface area (TPSA) is 42.0 Å². The average Bonchev–Trinajstić information content (AvgIpc) is 2.18. The van der Waals surface area contributed by atoms with Crippen LogP contribution < -0.4 is 4.72 Å². The molecule has 0 aliphatic heterocycles. The van der Waals surface area contributed by atoms with E-state index in [9.17, 15) is 4.79 Å². The van der Waals surface area contributed by atoms with Crippen LogP contribution in [0.15, 0.2) is 12.1 Å². The maximum atomic E-state index is 11.5. The number of amides is 1. The number of carbonyl (C=O) groups excluding carboxylic acids is 1. The number of hydrogen-bond acceptors (Lipinski definition) is 3. The van der Waals surface area contributed by atoms with Gasteiger partial charge in [-0.3, -0.25) is 9.52 Å². The van der Waals surface area contributed by atoms with E-state index in [1.54, 1.807) is 12.3 Å². The van der Waals surface area contributed by atoms with Crippen molar-refractivity contribution in [3.05, 3.63) is 28.5 Å². The maximum Gasteiger partial charge on any atom is 0.280 e. The molecule has 0 unspecified atom stereocenters. The Kier molecular flexibility index (Phi) is 4.22. The molecule has 1 rings (SSSR count). The van der Waals surface area contributed by atoms with E-state index in [4.69, 9.17) is 11.6 Å². The van der Waals surface area contributed by atoms with Crippen molar-refractivity contribution in [2.75, 3.05) is 6.26 Å². The normalized spacial score (nSPS) is 9.93. The second kappa shape index (κ2) is 5.22. The van der Waals surface area contributed by atoms with Crippen LogP contribution >= 0.6 is 23.5 Å². The Balaban J connectivity index is 3.03. The molecule has 76 valence electrons. The number of hydrogen-bond donors (Lipinski definition) is 1. The van der Waals surface area contributed by atoms with E-state index in [-0.39, 0.29) is 5.91 Å². The van der Waals surface area contributed by atoms with Crippen LogP contribution in [0.25, 0.3) is 0 Å². The van der Waals surface area contributed by atoms with Crippen LogP contribution in [0.5, 0.6) is 0 Å². The molecule has 3 nitrogen and oxygen atoms in total. The summed E-state index contributed by atoms with van der Waals surface area (Å²) in [6.07, 6.45) is 2.55. The predicted octanol–water partition coefficient (Wildman–Crippen LogP) is 2.31. The van der Waals surface area contributed by atoms with Gasteiger partial charge in [0.2, 0.25) is 0 Å². The van der Waals surface area contributed by atoms with Gasteiger partial charge in [-0.2, -0.15) is 0 Å². The zero-order chi connectivity index (χ0) is 10.6. The van der Waals surface area contributed by atoms with Gasteiger partial charge in [-0.15, -0.1) is 0 Å². The molecule has 0 aliphatic rings. The minimum Gasteiger partial charge on any atom is -0.295 e. The summed E-state index contributed by atoms with van der Waals surface area (Å²) >= 11 is 6.97. The van der Waals surface area contributed by atoms with Gasteiger partial charge in [0.15, 0.2) is 0 Å². The Morgan fingerprint density at radius 1 is 1.64 bits per heavy atom. The Labute approximate surface area is 92.4 Å². The molecule has 0 atom stereocenters. The molecule has 0 aliphatic carbocycles. The summed E-state index contributed by atoms with van der Waals surface area (Å²) in [5.74, 6) is -0.197. The molecular weight excluding hydrogens is 220 g/mol. The van der Waals surface area contributed by atoms with Crippen molar-refractivity contribution in [1.29, 1.82) is 0 Å². The van der Waals surface area contributed by atoms with Crippen molar-refractivity contribution >= 4 is 29.5 Å². The van der Waals surface area contributed by atoms with Gasteiger partial charge in [-0.05, 0) is 18.1 Å². The molecular formula is C9H11ClN2OS. The third-order valence-corrected chi connectivity index (χ3v) is 2.34. The van der Waals surface area contributed by atoms with E-state index in [0.29, 0.717) is 10.8 Å². The molecule has 14 heavy (non-hydrogen) atoms.